The SMILES string of the molecule is NC(=O)C(=O)NCC(O)(O)SCCOCCO. The predicted molar refractivity (Wildman–Crippen MR) is 59.7 cm³/mol. The topological polar surface area (TPSA) is 142 Å². The normalized spacial score (nSPS) is 11.2. The van der Waals surface area contributed by atoms with Gasteiger partial charge in [0.25, 0.3) is 0 Å². The summed E-state index contributed by atoms with van der Waals surface area (Å²) in [5.41, 5.74) is 4.66. The maximum atomic E-state index is 10.7. The minimum atomic E-state index is -2.20. The zero-order chi connectivity index (χ0) is 13.3. The first-order valence-corrected chi connectivity index (χ1v) is 5.72. The van der Waals surface area contributed by atoms with Crippen molar-refractivity contribution in [2.24, 2.45) is 5.73 Å². The molecule has 0 aliphatic rings. The Hall–Kier alpha value is -0.870. The van der Waals surface area contributed by atoms with E-state index >= 15 is 0 Å². The first-order chi connectivity index (χ1) is 7.89. The van der Waals surface area contributed by atoms with Gasteiger partial charge in [0.1, 0.15) is 0 Å². The molecule has 0 fully saturated rings. The molecule has 2 amide bonds. The maximum Gasteiger partial charge on any atom is 0.309 e. The monoisotopic (exact) mass is 268 g/mol. The van der Waals surface area contributed by atoms with Gasteiger partial charge in [-0.05, 0) is 0 Å². The van der Waals surface area contributed by atoms with Gasteiger partial charge in [-0.15, -0.1) is 0 Å². The highest BCUT2D eigenvalue weighted by molar-refractivity contribution is 8.00. The van der Waals surface area contributed by atoms with Crippen LogP contribution < -0.4 is 11.1 Å². The number of carbonyl (C=O) groups excluding carboxylic acids is 2. The van der Waals surface area contributed by atoms with Gasteiger partial charge in [0, 0.05) is 5.75 Å². The summed E-state index contributed by atoms with van der Waals surface area (Å²) < 4.78 is 4.89. The molecule has 8 nitrogen and oxygen atoms in total. The molecule has 100 valence electrons. The first-order valence-electron chi connectivity index (χ1n) is 4.74. The van der Waals surface area contributed by atoms with E-state index in [0.29, 0.717) is 0 Å². The fourth-order valence-corrected chi connectivity index (χ4v) is 1.47. The number of thioether (sulfide) groups is 1. The summed E-state index contributed by atoms with van der Waals surface area (Å²) in [6, 6.07) is 0. The largest absolute Gasteiger partial charge is 0.394 e. The van der Waals surface area contributed by atoms with Gasteiger partial charge in [0.05, 0.1) is 26.4 Å². The van der Waals surface area contributed by atoms with Crippen molar-refractivity contribution in [1.29, 1.82) is 0 Å². The second-order valence-corrected chi connectivity index (χ2v) is 4.33. The summed E-state index contributed by atoms with van der Waals surface area (Å²) in [6.45, 7) is -0.247. The number of nitrogens with one attached hydrogen (secondary N) is 1. The summed E-state index contributed by atoms with van der Waals surface area (Å²) in [5.74, 6) is -2.04. The van der Waals surface area contributed by atoms with Crippen molar-refractivity contribution >= 4 is 23.6 Å². The van der Waals surface area contributed by atoms with E-state index < -0.39 is 23.5 Å². The number of aliphatic hydroxyl groups excluding tert-OH is 1. The van der Waals surface area contributed by atoms with E-state index in [1.54, 1.807) is 0 Å². The van der Waals surface area contributed by atoms with Crippen LogP contribution in [0.1, 0.15) is 0 Å². The molecular weight excluding hydrogens is 252 g/mol. The van der Waals surface area contributed by atoms with Crippen LogP contribution in [0.5, 0.6) is 0 Å². The van der Waals surface area contributed by atoms with Crippen molar-refractivity contribution in [3.05, 3.63) is 0 Å². The molecule has 0 aromatic heterocycles. The van der Waals surface area contributed by atoms with Crippen LogP contribution in [-0.4, -0.2) is 64.4 Å². The number of rotatable bonds is 8. The van der Waals surface area contributed by atoms with Gasteiger partial charge in [-0.1, -0.05) is 11.8 Å². The Balaban J connectivity index is 3.72. The Bertz CT molecular complexity index is 260. The lowest BCUT2D eigenvalue weighted by molar-refractivity contribution is -0.139. The molecule has 0 aliphatic heterocycles. The first kappa shape index (κ1) is 16.1. The maximum absolute atomic E-state index is 10.7. The van der Waals surface area contributed by atoms with Gasteiger partial charge in [-0.3, -0.25) is 9.59 Å². The lowest BCUT2D eigenvalue weighted by Gasteiger charge is -2.20. The number of nitrogens with two attached hydrogens (primary N) is 1. The highest BCUT2D eigenvalue weighted by Crippen LogP contribution is 2.17. The quantitative estimate of drug-likeness (QED) is 0.179. The summed E-state index contributed by atoms with van der Waals surface area (Å²) in [6.07, 6.45) is 0. The molecule has 0 saturated heterocycles. The molecule has 0 aliphatic carbocycles. The molecule has 0 rings (SSSR count). The van der Waals surface area contributed by atoms with E-state index in [-0.39, 0.29) is 25.6 Å². The number of hydrogen-bond donors (Lipinski definition) is 5. The van der Waals surface area contributed by atoms with Crippen molar-refractivity contribution in [2.45, 2.75) is 5.12 Å². The Morgan fingerprint density at radius 1 is 1.35 bits per heavy atom. The Morgan fingerprint density at radius 2 is 2.00 bits per heavy atom. The smallest absolute Gasteiger partial charge is 0.309 e. The van der Waals surface area contributed by atoms with Gasteiger partial charge in [0.15, 0.2) is 0 Å². The van der Waals surface area contributed by atoms with Crippen LogP contribution >= 0.6 is 11.8 Å². The summed E-state index contributed by atoms with van der Waals surface area (Å²) >= 11 is 0.720. The van der Waals surface area contributed by atoms with E-state index in [2.05, 4.69) is 5.73 Å². The number of aliphatic hydroxyl groups is 3. The standard InChI is InChI=1S/C8H16N2O6S/c9-6(12)7(13)10-5-8(14,15)17-4-3-16-2-1-11/h11,14-15H,1-5H2,(H2,9,12)(H,10,13). The summed E-state index contributed by atoms with van der Waals surface area (Å²) in [4.78, 5) is 21.1. The molecular formula is C8H16N2O6S. The highest BCUT2D eigenvalue weighted by Gasteiger charge is 2.25. The van der Waals surface area contributed by atoms with Crippen LogP contribution in [0.2, 0.25) is 0 Å². The molecule has 17 heavy (non-hydrogen) atoms. The van der Waals surface area contributed by atoms with Crippen molar-refractivity contribution in [3.8, 4) is 0 Å². The highest BCUT2D eigenvalue weighted by atomic mass is 32.2. The molecule has 0 saturated carbocycles. The van der Waals surface area contributed by atoms with Gasteiger partial charge >= 0.3 is 11.8 Å². The van der Waals surface area contributed by atoms with E-state index in [1.165, 1.54) is 0 Å². The molecule has 0 aromatic carbocycles. The van der Waals surface area contributed by atoms with Crippen LogP contribution in [0, 0.1) is 0 Å². The minimum Gasteiger partial charge on any atom is -0.394 e. The van der Waals surface area contributed by atoms with Gasteiger partial charge in [-0.2, -0.15) is 0 Å². The van der Waals surface area contributed by atoms with Crippen LogP contribution in [0.15, 0.2) is 0 Å². The van der Waals surface area contributed by atoms with Crippen LogP contribution in [0.25, 0.3) is 0 Å². The van der Waals surface area contributed by atoms with Crippen LogP contribution in [0.4, 0.5) is 0 Å². The van der Waals surface area contributed by atoms with Crippen molar-refractivity contribution in [1.82, 2.24) is 5.32 Å². The average molecular weight is 268 g/mol. The minimum absolute atomic E-state index is 0.108. The lowest BCUT2D eigenvalue weighted by Crippen LogP contribution is -2.45. The molecule has 0 spiro atoms. The number of amides is 2. The van der Waals surface area contributed by atoms with E-state index in [4.69, 9.17) is 9.84 Å². The number of hydrogen-bond acceptors (Lipinski definition) is 7. The summed E-state index contributed by atoms with van der Waals surface area (Å²) in [7, 11) is 0. The Labute approximate surface area is 102 Å². The number of carbonyl (C=O) groups is 2. The second-order valence-electron chi connectivity index (χ2n) is 2.97. The van der Waals surface area contributed by atoms with Crippen LogP contribution in [-0.2, 0) is 14.3 Å². The zero-order valence-electron chi connectivity index (χ0n) is 9.09. The number of ether oxygens (including phenoxy) is 1. The zero-order valence-corrected chi connectivity index (χ0v) is 9.90. The van der Waals surface area contributed by atoms with Gasteiger partial charge in [-0.25, -0.2) is 0 Å². The average Bonchev–Trinajstić information content (AvgIpc) is 2.25. The molecule has 0 radical (unpaired) electrons. The molecule has 9 heteroatoms. The van der Waals surface area contributed by atoms with Crippen LogP contribution in [0.3, 0.4) is 0 Å². The predicted octanol–water partition coefficient (Wildman–Crippen LogP) is -3.03. The fourth-order valence-electron chi connectivity index (χ4n) is 0.764. The molecule has 0 atom stereocenters. The fraction of sp³-hybridized carbons (Fsp3) is 0.750. The van der Waals surface area contributed by atoms with E-state index in [0.717, 1.165) is 11.8 Å². The molecule has 0 aromatic rings. The van der Waals surface area contributed by atoms with Crippen molar-refractivity contribution in [2.75, 3.05) is 32.1 Å². The third-order valence-electron chi connectivity index (χ3n) is 1.50. The molecule has 0 unspecified atom stereocenters. The Kier molecular flexibility index (Phi) is 7.83. The van der Waals surface area contributed by atoms with Crippen molar-refractivity contribution in [3.63, 3.8) is 0 Å². The van der Waals surface area contributed by atoms with Crippen molar-refractivity contribution < 1.29 is 29.6 Å². The molecule has 6 N–H and O–H groups in total. The van der Waals surface area contributed by atoms with E-state index in [1.807, 2.05) is 5.32 Å². The second kappa shape index (κ2) is 8.25. The number of primary amides is 1. The molecule has 0 heterocycles. The Morgan fingerprint density at radius 3 is 2.53 bits per heavy atom. The van der Waals surface area contributed by atoms with E-state index in [9.17, 15) is 19.8 Å². The molecule has 0 bridgehead atoms. The third kappa shape index (κ3) is 8.89. The van der Waals surface area contributed by atoms with Gasteiger partial charge in [0.2, 0.25) is 5.12 Å². The summed E-state index contributed by atoms with van der Waals surface area (Å²) in [5, 5.41) is 26.9. The lowest BCUT2D eigenvalue weighted by atomic mass is 10.5. The van der Waals surface area contributed by atoms with Gasteiger partial charge < -0.3 is 31.1 Å². The third-order valence-corrected chi connectivity index (χ3v) is 2.48.